The van der Waals surface area contributed by atoms with Gasteiger partial charge < -0.3 is 4.74 Å². The topological polar surface area (TPSA) is 9.23 Å². The van der Waals surface area contributed by atoms with E-state index in [4.69, 9.17) is 4.74 Å². The zero-order chi connectivity index (χ0) is 33.5. The van der Waals surface area contributed by atoms with Gasteiger partial charge in [0.05, 0.1) is 0 Å². The van der Waals surface area contributed by atoms with Crippen LogP contribution in [-0.4, -0.2) is 0 Å². The van der Waals surface area contributed by atoms with Crippen LogP contribution in [0.3, 0.4) is 0 Å². The summed E-state index contributed by atoms with van der Waals surface area (Å²) in [5.74, 6) is 1.79. The van der Waals surface area contributed by atoms with E-state index in [0.717, 1.165) is 28.0 Å². The van der Waals surface area contributed by atoms with Gasteiger partial charge in [-0.05, 0) is 124 Å². The predicted molar refractivity (Wildman–Crippen MR) is 215 cm³/mol. The van der Waals surface area contributed by atoms with Crippen molar-refractivity contribution in [3.05, 3.63) is 182 Å². The third-order valence-corrected chi connectivity index (χ3v) is 10.8. The van der Waals surface area contributed by atoms with E-state index in [1.165, 1.54) is 82.2 Å². The van der Waals surface area contributed by atoms with E-state index in [1.807, 2.05) is 0 Å². The van der Waals surface area contributed by atoms with E-state index in [-0.39, 0.29) is 0 Å². The SMILES string of the molecule is c1ccc(-c2ccc(-c3ccc4c(c3)-c3cccc5c(-c6ccccc6)ccc(c35)O4)cc2-c2cc3ccc4cccc5ccc(c2)c3c45)cc1. The molecule has 0 bridgehead atoms. The van der Waals surface area contributed by atoms with Crippen LogP contribution in [-0.2, 0) is 0 Å². The van der Waals surface area contributed by atoms with Gasteiger partial charge in [0, 0.05) is 10.9 Å². The molecule has 0 unspecified atom stereocenters. The van der Waals surface area contributed by atoms with Crippen molar-refractivity contribution >= 4 is 43.1 Å². The third-order valence-electron chi connectivity index (χ3n) is 10.8. The normalized spacial score (nSPS) is 12.1. The van der Waals surface area contributed by atoms with Crippen molar-refractivity contribution in [3.8, 4) is 67.1 Å². The largest absolute Gasteiger partial charge is 0.456 e. The lowest BCUT2D eigenvalue weighted by Crippen LogP contribution is -1.98. The minimum Gasteiger partial charge on any atom is -0.456 e. The smallest absolute Gasteiger partial charge is 0.135 e. The molecule has 10 aromatic rings. The van der Waals surface area contributed by atoms with Crippen LogP contribution in [0.15, 0.2) is 182 Å². The highest BCUT2D eigenvalue weighted by Crippen LogP contribution is 2.50. The van der Waals surface area contributed by atoms with Gasteiger partial charge in [0.15, 0.2) is 0 Å². The molecule has 10 aromatic carbocycles. The van der Waals surface area contributed by atoms with Crippen LogP contribution in [0, 0.1) is 0 Å². The molecule has 0 aliphatic carbocycles. The van der Waals surface area contributed by atoms with Crippen molar-refractivity contribution < 1.29 is 4.74 Å². The van der Waals surface area contributed by atoms with Gasteiger partial charge in [-0.25, -0.2) is 0 Å². The van der Waals surface area contributed by atoms with Crippen LogP contribution in [0.5, 0.6) is 11.5 Å². The van der Waals surface area contributed by atoms with E-state index < -0.39 is 0 Å². The van der Waals surface area contributed by atoms with Gasteiger partial charge in [0.25, 0.3) is 0 Å². The Balaban J connectivity index is 1.09. The summed E-state index contributed by atoms with van der Waals surface area (Å²) >= 11 is 0. The van der Waals surface area contributed by atoms with Crippen LogP contribution >= 0.6 is 0 Å². The lowest BCUT2D eigenvalue weighted by atomic mass is 9.86. The molecule has 51 heavy (non-hydrogen) atoms. The maximum atomic E-state index is 6.60. The summed E-state index contributed by atoms with van der Waals surface area (Å²) < 4.78 is 6.60. The molecule has 0 fully saturated rings. The first-order valence-corrected chi connectivity index (χ1v) is 17.6. The summed E-state index contributed by atoms with van der Waals surface area (Å²) in [4.78, 5) is 0. The highest BCUT2D eigenvalue weighted by atomic mass is 16.5. The van der Waals surface area contributed by atoms with E-state index in [2.05, 4.69) is 182 Å². The molecule has 1 aliphatic rings. The summed E-state index contributed by atoms with van der Waals surface area (Å²) in [5.41, 5.74) is 12.0. The summed E-state index contributed by atoms with van der Waals surface area (Å²) in [6, 6.07) is 66.3. The average molecular weight is 647 g/mol. The molecule has 0 radical (unpaired) electrons. The fourth-order valence-electron chi connectivity index (χ4n) is 8.42. The Labute approximate surface area is 296 Å². The second kappa shape index (κ2) is 10.9. The fraction of sp³-hybridized carbons (Fsp3) is 0. The van der Waals surface area contributed by atoms with Gasteiger partial charge in [-0.3, -0.25) is 0 Å². The van der Waals surface area contributed by atoms with E-state index >= 15 is 0 Å². The van der Waals surface area contributed by atoms with Gasteiger partial charge in [0.1, 0.15) is 11.5 Å². The lowest BCUT2D eigenvalue weighted by molar-refractivity contribution is 0.487. The zero-order valence-corrected chi connectivity index (χ0v) is 27.7. The molecule has 1 nitrogen and oxygen atoms in total. The molecule has 236 valence electrons. The standard InChI is InChI=1S/C50H30O/c1-3-9-31(10-4-1)40-24-26-47-50-42(40)15-8-16-43(50)45-30-36(22-25-46(45)51-47)35-21-23-41(32-11-5-2-6-12-32)44(29-35)39-27-37-19-17-33-13-7-14-34-18-20-38(28-39)49(37)48(33)34/h1-30H. The van der Waals surface area contributed by atoms with Crippen LogP contribution in [0.25, 0.3) is 98.7 Å². The monoisotopic (exact) mass is 646 g/mol. The first-order valence-electron chi connectivity index (χ1n) is 17.6. The van der Waals surface area contributed by atoms with E-state index in [9.17, 15) is 0 Å². The summed E-state index contributed by atoms with van der Waals surface area (Å²) in [6.07, 6.45) is 0. The number of hydrogen-bond donors (Lipinski definition) is 0. The molecule has 1 aliphatic heterocycles. The number of hydrogen-bond acceptors (Lipinski definition) is 1. The van der Waals surface area contributed by atoms with Crippen LogP contribution in [0.2, 0.25) is 0 Å². The number of benzene rings is 10. The van der Waals surface area contributed by atoms with Gasteiger partial charge in [-0.1, -0.05) is 146 Å². The molecule has 11 rings (SSSR count). The minimum absolute atomic E-state index is 0.888. The average Bonchev–Trinajstić information content (AvgIpc) is 3.20. The number of rotatable bonds is 4. The van der Waals surface area contributed by atoms with E-state index in [0.29, 0.717) is 0 Å². The highest BCUT2D eigenvalue weighted by Gasteiger charge is 2.23. The predicted octanol–water partition coefficient (Wildman–Crippen LogP) is 14.2. The van der Waals surface area contributed by atoms with Gasteiger partial charge in [-0.2, -0.15) is 0 Å². The first-order chi connectivity index (χ1) is 25.3. The van der Waals surface area contributed by atoms with Gasteiger partial charge in [-0.15, -0.1) is 0 Å². The van der Waals surface area contributed by atoms with Crippen molar-refractivity contribution in [2.24, 2.45) is 0 Å². The molecule has 0 saturated heterocycles. The van der Waals surface area contributed by atoms with Crippen LogP contribution < -0.4 is 4.74 Å². The maximum Gasteiger partial charge on any atom is 0.135 e. The molecule has 0 atom stereocenters. The molecular weight excluding hydrogens is 617 g/mol. The second-order valence-electron chi connectivity index (χ2n) is 13.7. The Bertz CT molecular complexity index is 2910. The Morgan fingerprint density at radius 1 is 0.255 bits per heavy atom. The molecule has 1 heterocycles. The molecule has 0 saturated carbocycles. The lowest BCUT2D eigenvalue weighted by Gasteiger charge is -2.23. The summed E-state index contributed by atoms with van der Waals surface area (Å²) in [7, 11) is 0. The van der Waals surface area contributed by atoms with Crippen molar-refractivity contribution in [2.75, 3.05) is 0 Å². The zero-order valence-electron chi connectivity index (χ0n) is 27.7. The number of fused-ring (bicyclic) bond motifs is 2. The summed E-state index contributed by atoms with van der Waals surface area (Å²) in [5, 5.41) is 10.2. The van der Waals surface area contributed by atoms with Gasteiger partial charge >= 0.3 is 0 Å². The Kier molecular flexibility index (Phi) is 6.02. The van der Waals surface area contributed by atoms with Crippen molar-refractivity contribution in [1.82, 2.24) is 0 Å². The molecule has 0 spiro atoms. The highest BCUT2D eigenvalue weighted by molar-refractivity contribution is 6.24. The third kappa shape index (κ3) is 4.35. The Morgan fingerprint density at radius 2 is 0.824 bits per heavy atom. The van der Waals surface area contributed by atoms with Crippen LogP contribution in [0.4, 0.5) is 0 Å². The molecule has 0 N–H and O–H groups in total. The minimum atomic E-state index is 0.888. The van der Waals surface area contributed by atoms with Crippen molar-refractivity contribution in [3.63, 3.8) is 0 Å². The second-order valence-corrected chi connectivity index (χ2v) is 13.7. The molecule has 0 aromatic heterocycles. The Morgan fingerprint density at radius 3 is 1.55 bits per heavy atom. The quantitative estimate of drug-likeness (QED) is 0.173. The van der Waals surface area contributed by atoms with Crippen molar-refractivity contribution in [1.29, 1.82) is 0 Å². The van der Waals surface area contributed by atoms with Crippen molar-refractivity contribution in [2.45, 2.75) is 0 Å². The molecule has 0 amide bonds. The fourth-order valence-corrected chi connectivity index (χ4v) is 8.42. The van der Waals surface area contributed by atoms with Crippen LogP contribution in [0.1, 0.15) is 0 Å². The summed E-state index contributed by atoms with van der Waals surface area (Å²) in [6.45, 7) is 0. The molecular formula is C50H30O. The number of ether oxygens (including phenoxy) is 1. The van der Waals surface area contributed by atoms with E-state index in [1.54, 1.807) is 0 Å². The molecule has 1 heteroatoms. The van der Waals surface area contributed by atoms with Gasteiger partial charge in [0.2, 0.25) is 0 Å². The Hall–Kier alpha value is -6.70. The maximum absolute atomic E-state index is 6.60. The first kappa shape index (κ1) is 28.2.